The first-order chi connectivity index (χ1) is 9.85. The molecule has 0 fully saturated rings. The molecule has 0 radical (unpaired) electrons. The first kappa shape index (κ1) is 15.6. The summed E-state index contributed by atoms with van der Waals surface area (Å²) in [6, 6.07) is 5.33. The van der Waals surface area contributed by atoms with Crippen LogP contribution in [0.25, 0.3) is 0 Å². The minimum absolute atomic E-state index is 0.0474. The van der Waals surface area contributed by atoms with Gasteiger partial charge in [-0.15, -0.1) is 0 Å². The molecule has 1 aromatic carbocycles. The second-order valence-corrected chi connectivity index (χ2v) is 4.98. The van der Waals surface area contributed by atoms with Gasteiger partial charge in [0, 0.05) is 13.0 Å². The van der Waals surface area contributed by atoms with Gasteiger partial charge in [-0.2, -0.15) is 13.2 Å². The molecule has 0 saturated carbocycles. The van der Waals surface area contributed by atoms with Gasteiger partial charge in [0.25, 0.3) is 5.91 Å². The summed E-state index contributed by atoms with van der Waals surface area (Å²) < 4.78 is 41.4. The van der Waals surface area contributed by atoms with E-state index in [4.69, 9.17) is 4.74 Å². The molecule has 0 spiro atoms. The summed E-state index contributed by atoms with van der Waals surface area (Å²) in [5.74, 6) is 0.390. The number of amides is 1. The fraction of sp³-hybridized carbons (Fsp3) is 0.500. The largest absolute Gasteiger partial charge is 0.479 e. The highest BCUT2D eigenvalue weighted by molar-refractivity contribution is 5.97. The van der Waals surface area contributed by atoms with Crippen molar-refractivity contribution in [3.05, 3.63) is 23.8 Å². The highest BCUT2D eigenvalue weighted by Gasteiger charge is 2.26. The van der Waals surface area contributed by atoms with Crippen LogP contribution in [0.2, 0.25) is 0 Å². The number of hydrogen-bond acceptors (Lipinski definition) is 3. The van der Waals surface area contributed by atoms with Crippen molar-refractivity contribution in [1.29, 1.82) is 0 Å². The Morgan fingerprint density at radius 2 is 2.14 bits per heavy atom. The summed E-state index contributed by atoms with van der Waals surface area (Å²) in [5.41, 5.74) is 1.46. The Kier molecular flexibility index (Phi) is 4.72. The molecule has 1 amide bonds. The predicted molar refractivity (Wildman–Crippen MR) is 72.2 cm³/mol. The third-order valence-corrected chi connectivity index (χ3v) is 3.12. The van der Waals surface area contributed by atoms with E-state index in [0.717, 1.165) is 5.56 Å². The highest BCUT2D eigenvalue weighted by Crippen LogP contribution is 2.30. The zero-order valence-corrected chi connectivity index (χ0v) is 11.6. The Balaban J connectivity index is 1.83. The van der Waals surface area contributed by atoms with Crippen LogP contribution in [-0.4, -0.2) is 24.7 Å². The summed E-state index contributed by atoms with van der Waals surface area (Å²) in [4.78, 5) is 11.5. The van der Waals surface area contributed by atoms with Crippen molar-refractivity contribution in [2.24, 2.45) is 0 Å². The number of nitrogens with one attached hydrogen (secondary N) is 2. The van der Waals surface area contributed by atoms with Gasteiger partial charge in [0.05, 0.1) is 5.69 Å². The van der Waals surface area contributed by atoms with Crippen molar-refractivity contribution in [3.63, 3.8) is 0 Å². The van der Waals surface area contributed by atoms with Crippen LogP contribution in [-0.2, 0) is 11.3 Å². The maximum absolute atomic E-state index is 12.0. The van der Waals surface area contributed by atoms with E-state index in [1.165, 1.54) is 0 Å². The second kappa shape index (κ2) is 6.34. The SMILES string of the molecule is CC1Oc2ccc(CNCCCC(F)(F)F)cc2NC1=O. The van der Waals surface area contributed by atoms with Crippen molar-refractivity contribution in [2.75, 3.05) is 11.9 Å². The fourth-order valence-corrected chi connectivity index (χ4v) is 2.01. The first-order valence-corrected chi connectivity index (χ1v) is 6.73. The molecule has 4 nitrogen and oxygen atoms in total. The molecule has 0 saturated heterocycles. The molecule has 2 N–H and O–H groups in total. The van der Waals surface area contributed by atoms with Gasteiger partial charge >= 0.3 is 6.18 Å². The molecule has 7 heteroatoms. The van der Waals surface area contributed by atoms with Crippen LogP contribution >= 0.6 is 0 Å². The van der Waals surface area contributed by atoms with Gasteiger partial charge in [-0.05, 0) is 37.6 Å². The molecule has 1 heterocycles. The Morgan fingerprint density at radius 3 is 2.86 bits per heavy atom. The highest BCUT2D eigenvalue weighted by atomic mass is 19.4. The number of alkyl halides is 3. The number of fused-ring (bicyclic) bond motifs is 1. The lowest BCUT2D eigenvalue weighted by Gasteiger charge is -2.23. The molecule has 21 heavy (non-hydrogen) atoms. The molecule has 2 rings (SSSR count). The summed E-state index contributed by atoms with van der Waals surface area (Å²) in [6.45, 7) is 2.39. The van der Waals surface area contributed by atoms with E-state index in [-0.39, 0.29) is 18.9 Å². The van der Waals surface area contributed by atoms with E-state index in [1.54, 1.807) is 19.1 Å². The summed E-state index contributed by atoms with van der Waals surface area (Å²) in [5, 5.41) is 5.68. The zero-order chi connectivity index (χ0) is 15.5. The molecule has 0 bridgehead atoms. The van der Waals surface area contributed by atoms with Crippen LogP contribution in [0.3, 0.4) is 0 Å². The second-order valence-electron chi connectivity index (χ2n) is 4.98. The molecule has 1 aromatic rings. The van der Waals surface area contributed by atoms with Gasteiger partial charge in [0.15, 0.2) is 6.10 Å². The van der Waals surface area contributed by atoms with Crippen LogP contribution in [0.1, 0.15) is 25.3 Å². The number of anilines is 1. The van der Waals surface area contributed by atoms with Crippen molar-refractivity contribution < 1.29 is 22.7 Å². The van der Waals surface area contributed by atoms with Crippen LogP contribution in [0, 0.1) is 0 Å². The minimum atomic E-state index is -4.11. The van der Waals surface area contributed by atoms with E-state index >= 15 is 0 Å². The Morgan fingerprint density at radius 1 is 1.38 bits per heavy atom. The van der Waals surface area contributed by atoms with Gasteiger partial charge in [-0.3, -0.25) is 4.79 Å². The monoisotopic (exact) mass is 302 g/mol. The van der Waals surface area contributed by atoms with Gasteiger partial charge in [-0.25, -0.2) is 0 Å². The molecular weight excluding hydrogens is 285 g/mol. The smallest absolute Gasteiger partial charge is 0.389 e. The van der Waals surface area contributed by atoms with Crippen LogP contribution in [0.4, 0.5) is 18.9 Å². The average molecular weight is 302 g/mol. The third kappa shape index (κ3) is 4.63. The van der Waals surface area contributed by atoms with Gasteiger partial charge in [-0.1, -0.05) is 6.07 Å². The number of benzene rings is 1. The van der Waals surface area contributed by atoms with E-state index in [0.29, 0.717) is 18.0 Å². The molecule has 1 aliphatic rings. The van der Waals surface area contributed by atoms with Crippen LogP contribution in [0.15, 0.2) is 18.2 Å². The van der Waals surface area contributed by atoms with Gasteiger partial charge in [0.1, 0.15) is 5.75 Å². The third-order valence-electron chi connectivity index (χ3n) is 3.12. The number of hydrogen-bond donors (Lipinski definition) is 2. The number of rotatable bonds is 5. The lowest BCUT2D eigenvalue weighted by molar-refractivity contribution is -0.135. The van der Waals surface area contributed by atoms with Gasteiger partial charge < -0.3 is 15.4 Å². The average Bonchev–Trinajstić information content (AvgIpc) is 2.38. The quantitative estimate of drug-likeness (QED) is 0.822. The Hall–Kier alpha value is -1.76. The van der Waals surface area contributed by atoms with Crippen molar-refractivity contribution in [2.45, 2.75) is 38.6 Å². The van der Waals surface area contributed by atoms with Gasteiger partial charge in [0.2, 0.25) is 0 Å². The summed E-state index contributed by atoms with van der Waals surface area (Å²) in [6.07, 6.45) is -5.37. The predicted octanol–water partition coefficient (Wildman–Crippen LogP) is 2.84. The molecule has 1 aliphatic heterocycles. The first-order valence-electron chi connectivity index (χ1n) is 6.73. The standard InChI is InChI=1S/C14H17F3N2O2/c1-9-13(20)19-11-7-10(3-4-12(11)21-9)8-18-6-2-5-14(15,16)17/h3-4,7,9,18H,2,5-6,8H2,1H3,(H,19,20). The Bertz CT molecular complexity index is 517. The molecule has 1 atom stereocenters. The summed E-state index contributed by atoms with van der Waals surface area (Å²) >= 11 is 0. The van der Waals surface area contributed by atoms with E-state index in [9.17, 15) is 18.0 Å². The number of carbonyl (C=O) groups excluding carboxylic acids is 1. The molecule has 116 valence electrons. The minimum Gasteiger partial charge on any atom is -0.479 e. The topological polar surface area (TPSA) is 50.4 Å². The summed E-state index contributed by atoms with van der Waals surface area (Å²) in [7, 11) is 0. The number of carbonyl (C=O) groups is 1. The van der Waals surface area contributed by atoms with Crippen LogP contribution in [0.5, 0.6) is 5.75 Å². The maximum Gasteiger partial charge on any atom is 0.389 e. The Labute approximate surface area is 120 Å². The number of halogens is 3. The van der Waals surface area contributed by atoms with E-state index in [2.05, 4.69) is 10.6 Å². The molecular formula is C14H17F3N2O2. The molecule has 1 unspecified atom stereocenters. The molecule has 0 aromatic heterocycles. The lowest BCUT2D eigenvalue weighted by Crippen LogP contribution is -2.34. The normalized spacial score (nSPS) is 17.9. The lowest BCUT2D eigenvalue weighted by atomic mass is 10.1. The number of ether oxygens (including phenoxy) is 1. The zero-order valence-electron chi connectivity index (χ0n) is 11.6. The van der Waals surface area contributed by atoms with Crippen molar-refractivity contribution in [3.8, 4) is 5.75 Å². The van der Waals surface area contributed by atoms with Crippen molar-refractivity contribution >= 4 is 11.6 Å². The van der Waals surface area contributed by atoms with E-state index in [1.807, 2.05) is 6.07 Å². The van der Waals surface area contributed by atoms with Crippen LogP contribution < -0.4 is 15.4 Å². The van der Waals surface area contributed by atoms with E-state index < -0.39 is 18.7 Å². The fourth-order valence-electron chi connectivity index (χ4n) is 2.01. The maximum atomic E-state index is 12.0. The van der Waals surface area contributed by atoms with Crippen molar-refractivity contribution in [1.82, 2.24) is 5.32 Å². The molecule has 0 aliphatic carbocycles.